The summed E-state index contributed by atoms with van der Waals surface area (Å²) in [4.78, 5) is 41.4. The Morgan fingerprint density at radius 3 is 2.24 bits per heavy atom. The number of Topliss-reactive ketones (excluding diaryl/α,β-unsaturated/α-hetero) is 2. The summed E-state index contributed by atoms with van der Waals surface area (Å²) in [7, 11) is 0. The van der Waals surface area contributed by atoms with Crippen molar-refractivity contribution >= 4 is 54.2 Å². The van der Waals surface area contributed by atoms with Crippen LogP contribution in [0.2, 0.25) is 0 Å². The minimum atomic E-state index is -1.59. The van der Waals surface area contributed by atoms with Gasteiger partial charge < -0.3 is 25.1 Å². The van der Waals surface area contributed by atoms with Crippen LogP contribution < -0.4 is 9.80 Å². The molecule has 2 unspecified atom stereocenters. The van der Waals surface area contributed by atoms with Crippen molar-refractivity contribution in [2.75, 3.05) is 36.0 Å². The molecule has 2 aromatic rings. The fourth-order valence-corrected chi connectivity index (χ4v) is 5.54. The fourth-order valence-electron chi connectivity index (χ4n) is 4.82. The Kier molecular flexibility index (Phi) is 7.22. The Morgan fingerprint density at radius 1 is 0.971 bits per heavy atom. The van der Waals surface area contributed by atoms with Gasteiger partial charge in [-0.3, -0.25) is 9.59 Å². The summed E-state index contributed by atoms with van der Waals surface area (Å²) in [5.74, 6) is -1.10. The molecule has 2 aliphatic heterocycles. The van der Waals surface area contributed by atoms with E-state index in [1.54, 1.807) is 24.3 Å². The molecular weight excluding hydrogens is 476 g/mol. The summed E-state index contributed by atoms with van der Waals surface area (Å²) < 4.78 is 0. The van der Waals surface area contributed by atoms with Gasteiger partial charge in [0.25, 0.3) is 0 Å². The molecule has 4 rings (SSSR count). The first-order chi connectivity index (χ1) is 16.1. The highest BCUT2D eigenvalue weighted by Gasteiger charge is 2.36. The van der Waals surface area contributed by atoms with E-state index >= 15 is 0 Å². The Labute approximate surface area is 208 Å². The predicted octanol–water partition coefficient (Wildman–Crippen LogP) is 2.44. The number of carbonyl (C=O) groups excluding carboxylic acids is 2. The maximum Gasteiger partial charge on any atom is 0.335 e. The molecule has 2 aliphatic rings. The molecule has 0 radical (unpaired) electrons. The zero-order valence-electron chi connectivity index (χ0n) is 18.3. The maximum atomic E-state index is 12.8. The number of nitrogens with zero attached hydrogens (tertiary/aromatic N) is 2. The molecule has 0 aromatic heterocycles. The molecule has 8 nitrogen and oxygen atoms in total. The highest BCUT2D eigenvalue weighted by molar-refractivity contribution is 7.80. The van der Waals surface area contributed by atoms with E-state index in [0.717, 1.165) is 5.69 Å². The van der Waals surface area contributed by atoms with Gasteiger partial charge in [-0.2, -0.15) is 0 Å². The van der Waals surface area contributed by atoms with Crippen LogP contribution >= 0.6 is 25.3 Å². The van der Waals surface area contributed by atoms with E-state index in [0.29, 0.717) is 47.0 Å². The molecule has 0 aliphatic carbocycles. The van der Waals surface area contributed by atoms with Gasteiger partial charge in [-0.05, 0) is 42.7 Å². The molecule has 2 saturated heterocycles. The van der Waals surface area contributed by atoms with E-state index in [4.69, 9.17) is 0 Å². The van der Waals surface area contributed by atoms with E-state index in [-0.39, 0.29) is 42.1 Å². The standard InChI is InChI=1S/C24H26N2O6S2/c27-17-6-13(9-25(11-17)18-3-1-14(23(29)30)7-21(18)33)5-16-10-26(12-20(16)28)19-4-2-15(24(31)32)8-22(19)34/h1-4,7-8,13,16,24,31-34H,5-6,9-12H2,(H,29,30). The summed E-state index contributed by atoms with van der Waals surface area (Å²) in [6, 6.07) is 9.55. The number of carboxylic acid groups (broad SMARTS) is 1. The van der Waals surface area contributed by atoms with Gasteiger partial charge >= 0.3 is 5.97 Å². The number of hydrogen-bond acceptors (Lipinski definition) is 9. The summed E-state index contributed by atoms with van der Waals surface area (Å²) in [6.07, 6.45) is -0.615. The second kappa shape index (κ2) is 9.99. The van der Waals surface area contributed by atoms with E-state index in [1.807, 2.05) is 9.80 Å². The van der Waals surface area contributed by atoms with Gasteiger partial charge in [0.05, 0.1) is 30.0 Å². The van der Waals surface area contributed by atoms with Crippen molar-refractivity contribution in [1.82, 2.24) is 0 Å². The number of benzene rings is 2. The largest absolute Gasteiger partial charge is 0.478 e. The van der Waals surface area contributed by atoms with Gasteiger partial charge in [0.15, 0.2) is 17.9 Å². The van der Waals surface area contributed by atoms with Crippen LogP contribution in [0.3, 0.4) is 0 Å². The summed E-state index contributed by atoms with van der Waals surface area (Å²) in [5.41, 5.74) is 1.92. The lowest BCUT2D eigenvalue weighted by atomic mass is 9.86. The number of thiol groups is 2. The molecule has 2 heterocycles. The van der Waals surface area contributed by atoms with Crippen molar-refractivity contribution in [3.05, 3.63) is 47.5 Å². The van der Waals surface area contributed by atoms with Crippen LogP contribution in [0.15, 0.2) is 46.2 Å². The van der Waals surface area contributed by atoms with Crippen LogP contribution in [0.25, 0.3) is 0 Å². The smallest absolute Gasteiger partial charge is 0.335 e. The average molecular weight is 503 g/mol. The molecule has 34 heavy (non-hydrogen) atoms. The van der Waals surface area contributed by atoms with Crippen molar-refractivity contribution in [3.63, 3.8) is 0 Å². The number of anilines is 2. The quantitative estimate of drug-likeness (QED) is 0.302. The Bertz CT molecular complexity index is 1140. The molecule has 3 N–H and O–H groups in total. The summed E-state index contributed by atoms with van der Waals surface area (Å²) >= 11 is 8.88. The van der Waals surface area contributed by atoms with Gasteiger partial charge in [0.2, 0.25) is 0 Å². The molecule has 0 saturated carbocycles. The lowest BCUT2D eigenvalue weighted by Gasteiger charge is -2.35. The number of carbonyl (C=O) groups is 3. The van der Waals surface area contributed by atoms with E-state index in [9.17, 15) is 29.7 Å². The maximum absolute atomic E-state index is 12.8. The molecule has 2 aromatic carbocycles. The zero-order valence-corrected chi connectivity index (χ0v) is 20.1. The van der Waals surface area contributed by atoms with Gasteiger partial charge in [-0.1, -0.05) is 6.07 Å². The number of carboxylic acids is 1. The lowest BCUT2D eigenvalue weighted by Crippen LogP contribution is -2.42. The molecule has 10 heteroatoms. The third-order valence-electron chi connectivity index (χ3n) is 6.42. The minimum Gasteiger partial charge on any atom is -0.478 e. The van der Waals surface area contributed by atoms with Crippen molar-refractivity contribution in [1.29, 1.82) is 0 Å². The number of aromatic carboxylic acids is 1. The minimum absolute atomic E-state index is 0.00980. The molecular formula is C24H26N2O6S2. The first-order valence-corrected chi connectivity index (χ1v) is 11.8. The van der Waals surface area contributed by atoms with Gasteiger partial charge in [0.1, 0.15) is 0 Å². The lowest BCUT2D eigenvalue weighted by molar-refractivity contribution is -0.122. The van der Waals surface area contributed by atoms with Crippen LogP contribution in [0.4, 0.5) is 11.4 Å². The van der Waals surface area contributed by atoms with Crippen molar-refractivity contribution in [2.24, 2.45) is 11.8 Å². The highest BCUT2D eigenvalue weighted by Crippen LogP contribution is 2.35. The van der Waals surface area contributed by atoms with Crippen LogP contribution in [-0.2, 0) is 9.59 Å². The average Bonchev–Trinajstić information content (AvgIpc) is 3.12. The predicted molar refractivity (Wildman–Crippen MR) is 132 cm³/mol. The van der Waals surface area contributed by atoms with Gasteiger partial charge in [-0.15, -0.1) is 25.3 Å². The first-order valence-electron chi connectivity index (χ1n) is 10.9. The molecule has 0 bridgehead atoms. The number of aliphatic hydroxyl groups is 2. The highest BCUT2D eigenvalue weighted by atomic mass is 32.1. The molecule has 2 atom stereocenters. The summed E-state index contributed by atoms with van der Waals surface area (Å²) in [5, 5.41) is 27.9. The molecule has 2 fully saturated rings. The summed E-state index contributed by atoms with van der Waals surface area (Å²) in [6.45, 7) is 1.55. The molecule has 0 amide bonds. The number of rotatable bonds is 6. The zero-order chi connectivity index (χ0) is 24.6. The third-order valence-corrected chi connectivity index (χ3v) is 7.14. The monoisotopic (exact) mass is 502 g/mol. The Hall–Kier alpha value is -2.53. The molecule has 180 valence electrons. The Morgan fingerprint density at radius 2 is 1.62 bits per heavy atom. The topological polar surface area (TPSA) is 118 Å². The van der Waals surface area contributed by atoms with E-state index in [2.05, 4.69) is 25.3 Å². The van der Waals surface area contributed by atoms with Crippen LogP contribution in [0, 0.1) is 11.8 Å². The van der Waals surface area contributed by atoms with Crippen LogP contribution in [0.5, 0.6) is 0 Å². The number of ketones is 2. The third kappa shape index (κ3) is 5.25. The first kappa shape index (κ1) is 24.6. The van der Waals surface area contributed by atoms with Crippen LogP contribution in [0.1, 0.15) is 35.1 Å². The SMILES string of the molecule is O=C1CC(CC2CN(c3ccc(C(O)O)cc3S)CC2=O)CN(c2ccc(C(=O)O)cc2S)C1. The normalized spacial score (nSPS) is 21.0. The van der Waals surface area contributed by atoms with Gasteiger partial charge in [0, 0.05) is 40.8 Å². The second-order valence-corrected chi connectivity index (χ2v) is 9.86. The van der Waals surface area contributed by atoms with Crippen molar-refractivity contribution in [2.45, 2.75) is 28.9 Å². The van der Waals surface area contributed by atoms with Gasteiger partial charge in [-0.25, -0.2) is 4.79 Å². The number of hydrogen-bond donors (Lipinski definition) is 5. The van der Waals surface area contributed by atoms with Crippen LogP contribution in [-0.4, -0.2) is 59.0 Å². The second-order valence-electron chi connectivity index (χ2n) is 8.90. The number of aliphatic hydroxyl groups excluding tert-OH is 1. The molecule has 0 spiro atoms. The fraction of sp³-hybridized carbons (Fsp3) is 0.375. The van der Waals surface area contributed by atoms with E-state index < -0.39 is 12.3 Å². The van der Waals surface area contributed by atoms with Crippen molar-refractivity contribution < 1.29 is 29.7 Å². The Balaban J connectivity index is 1.45. The van der Waals surface area contributed by atoms with E-state index in [1.165, 1.54) is 12.1 Å². The number of piperidine rings is 1. The van der Waals surface area contributed by atoms with Crippen molar-refractivity contribution in [3.8, 4) is 0 Å².